The Hall–Kier alpha value is -0.550. The standard InChI is InChI=1S/C8H13N3OS/c1-2-4-12-7(3-1)6-13-8-5-9-11-10-8/h5,7H,1-4,6H2,(H,9,10,11). The van der Waals surface area contributed by atoms with Gasteiger partial charge in [0, 0.05) is 12.4 Å². The fraction of sp³-hybridized carbons (Fsp3) is 0.750. The van der Waals surface area contributed by atoms with Crippen LogP contribution in [0.1, 0.15) is 19.3 Å². The molecule has 1 unspecified atom stereocenters. The topological polar surface area (TPSA) is 50.8 Å². The van der Waals surface area contributed by atoms with Gasteiger partial charge in [0.2, 0.25) is 0 Å². The first kappa shape index (κ1) is 9.02. The average molecular weight is 199 g/mol. The van der Waals surface area contributed by atoms with E-state index in [1.165, 1.54) is 19.3 Å². The second kappa shape index (κ2) is 4.62. The summed E-state index contributed by atoms with van der Waals surface area (Å²) in [6.07, 6.45) is 5.85. The summed E-state index contributed by atoms with van der Waals surface area (Å²) in [5, 5.41) is 11.3. The minimum absolute atomic E-state index is 0.412. The smallest absolute Gasteiger partial charge is 0.138 e. The van der Waals surface area contributed by atoms with E-state index >= 15 is 0 Å². The molecule has 2 heterocycles. The number of nitrogens with zero attached hydrogens (tertiary/aromatic N) is 2. The Morgan fingerprint density at radius 2 is 2.62 bits per heavy atom. The van der Waals surface area contributed by atoms with E-state index in [1.807, 2.05) is 0 Å². The normalized spacial score (nSPS) is 23.2. The van der Waals surface area contributed by atoms with Crippen molar-refractivity contribution in [3.63, 3.8) is 0 Å². The van der Waals surface area contributed by atoms with Gasteiger partial charge in [-0.15, -0.1) is 16.9 Å². The van der Waals surface area contributed by atoms with Crippen molar-refractivity contribution in [2.24, 2.45) is 0 Å². The van der Waals surface area contributed by atoms with Crippen LogP contribution in [0.15, 0.2) is 11.2 Å². The van der Waals surface area contributed by atoms with Crippen LogP contribution in [0.4, 0.5) is 0 Å². The number of rotatable bonds is 3. The summed E-state index contributed by atoms with van der Waals surface area (Å²) in [5.41, 5.74) is 0. The van der Waals surface area contributed by atoms with Crippen LogP contribution in [-0.2, 0) is 4.74 Å². The second-order valence-corrected chi connectivity index (χ2v) is 4.15. The van der Waals surface area contributed by atoms with Gasteiger partial charge in [0.15, 0.2) is 0 Å². The maximum Gasteiger partial charge on any atom is 0.138 e. The molecule has 5 heteroatoms. The third-order valence-corrected chi connectivity index (χ3v) is 3.11. The molecule has 1 atom stereocenters. The average Bonchev–Trinajstić information content (AvgIpc) is 2.69. The van der Waals surface area contributed by atoms with Crippen molar-refractivity contribution in [2.45, 2.75) is 30.4 Å². The molecule has 1 aromatic rings. The van der Waals surface area contributed by atoms with Gasteiger partial charge in [-0.3, -0.25) is 0 Å². The molecule has 13 heavy (non-hydrogen) atoms. The number of H-pyrrole nitrogens is 1. The lowest BCUT2D eigenvalue weighted by Gasteiger charge is -2.21. The molecule has 0 amide bonds. The maximum absolute atomic E-state index is 5.60. The van der Waals surface area contributed by atoms with Gasteiger partial charge >= 0.3 is 0 Å². The lowest BCUT2D eigenvalue weighted by molar-refractivity contribution is 0.0315. The van der Waals surface area contributed by atoms with Crippen molar-refractivity contribution in [1.82, 2.24) is 15.4 Å². The van der Waals surface area contributed by atoms with E-state index in [1.54, 1.807) is 18.0 Å². The molecule has 1 fully saturated rings. The molecule has 4 nitrogen and oxygen atoms in total. The molecular weight excluding hydrogens is 186 g/mol. The van der Waals surface area contributed by atoms with Crippen molar-refractivity contribution in [3.05, 3.63) is 6.20 Å². The molecule has 0 aliphatic carbocycles. The third-order valence-electron chi connectivity index (χ3n) is 2.08. The summed E-state index contributed by atoms with van der Waals surface area (Å²) in [6.45, 7) is 0.921. The first-order valence-electron chi connectivity index (χ1n) is 4.55. The fourth-order valence-corrected chi connectivity index (χ4v) is 2.23. The van der Waals surface area contributed by atoms with Crippen LogP contribution in [0, 0.1) is 0 Å². The van der Waals surface area contributed by atoms with Crippen molar-refractivity contribution in [2.75, 3.05) is 12.4 Å². The highest BCUT2D eigenvalue weighted by atomic mass is 32.2. The van der Waals surface area contributed by atoms with E-state index in [0.717, 1.165) is 17.4 Å². The Morgan fingerprint density at radius 1 is 1.62 bits per heavy atom. The van der Waals surface area contributed by atoms with Gasteiger partial charge in [-0.05, 0) is 19.3 Å². The van der Waals surface area contributed by atoms with E-state index in [9.17, 15) is 0 Å². The van der Waals surface area contributed by atoms with E-state index in [2.05, 4.69) is 15.4 Å². The number of aromatic nitrogens is 3. The maximum atomic E-state index is 5.60. The molecule has 72 valence electrons. The first-order chi connectivity index (χ1) is 6.45. The molecule has 0 spiro atoms. The van der Waals surface area contributed by atoms with Crippen LogP contribution in [0.5, 0.6) is 0 Å². The second-order valence-electron chi connectivity index (χ2n) is 3.11. The molecule has 0 aromatic carbocycles. The largest absolute Gasteiger partial charge is 0.377 e. The Balaban J connectivity index is 1.72. The van der Waals surface area contributed by atoms with Gasteiger partial charge in [0.05, 0.1) is 12.3 Å². The van der Waals surface area contributed by atoms with E-state index < -0.39 is 0 Å². The predicted octanol–water partition coefficient (Wildman–Crippen LogP) is 1.47. The van der Waals surface area contributed by atoms with Gasteiger partial charge in [0.25, 0.3) is 0 Å². The molecule has 0 saturated carbocycles. The zero-order valence-corrected chi connectivity index (χ0v) is 8.22. The molecule has 1 saturated heterocycles. The zero-order chi connectivity index (χ0) is 8.93. The summed E-state index contributed by atoms with van der Waals surface area (Å²) in [4.78, 5) is 0. The highest BCUT2D eigenvalue weighted by Crippen LogP contribution is 2.20. The van der Waals surface area contributed by atoms with Crippen LogP contribution in [0.2, 0.25) is 0 Å². The molecule has 1 N–H and O–H groups in total. The Labute approximate surface area is 81.4 Å². The van der Waals surface area contributed by atoms with E-state index in [0.29, 0.717) is 6.10 Å². The molecule has 0 bridgehead atoms. The quantitative estimate of drug-likeness (QED) is 0.749. The van der Waals surface area contributed by atoms with Crippen LogP contribution in [-0.4, -0.2) is 33.9 Å². The number of hydrogen-bond donors (Lipinski definition) is 1. The number of hydrogen-bond acceptors (Lipinski definition) is 4. The van der Waals surface area contributed by atoms with Gasteiger partial charge in [0.1, 0.15) is 5.03 Å². The summed E-state index contributed by atoms with van der Waals surface area (Å²) < 4.78 is 5.60. The van der Waals surface area contributed by atoms with Crippen molar-refractivity contribution in [1.29, 1.82) is 0 Å². The fourth-order valence-electron chi connectivity index (χ4n) is 1.38. The Bertz CT molecular complexity index is 234. The first-order valence-corrected chi connectivity index (χ1v) is 5.54. The number of nitrogens with one attached hydrogen (secondary N) is 1. The van der Waals surface area contributed by atoms with Crippen molar-refractivity contribution >= 4 is 11.8 Å². The lowest BCUT2D eigenvalue weighted by atomic mass is 10.1. The van der Waals surface area contributed by atoms with Gasteiger partial charge in [-0.1, -0.05) is 0 Å². The molecule has 1 aliphatic rings. The van der Waals surface area contributed by atoms with Crippen LogP contribution >= 0.6 is 11.8 Å². The third kappa shape index (κ3) is 2.70. The number of ether oxygens (including phenoxy) is 1. The summed E-state index contributed by atoms with van der Waals surface area (Å²) in [6, 6.07) is 0. The molecule has 1 aliphatic heterocycles. The summed E-state index contributed by atoms with van der Waals surface area (Å²) >= 11 is 1.70. The Morgan fingerprint density at radius 3 is 3.31 bits per heavy atom. The Kier molecular flexibility index (Phi) is 3.21. The lowest BCUT2D eigenvalue weighted by Crippen LogP contribution is -2.21. The molecule has 0 radical (unpaired) electrons. The number of aromatic amines is 1. The van der Waals surface area contributed by atoms with Crippen LogP contribution < -0.4 is 0 Å². The van der Waals surface area contributed by atoms with E-state index in [-0.39, 0.29) is 0 Å². The summed E-state index contributed by atoms with van der Waals surface area (Å²) in [7, 11) is 0. The highest BCUT2D eigenvalue weighted by molar-refractivity contribution is 7.99. The van der Waals surface area contributed by atoms with Gasteiger partial charge in [-0.2, -0.15) is 10.3 Å². The monoisotopic (exact) mass is 199 g/mol. The minimum atomic E-state index is 0.412. The van der Waals surface area contributed by atoms with Crippen molar-refractivity contribution in [3.8, 4) is 0 Å². The van der Waals surface area contributed by atoms with Gasteiger partial charge < -0.3 is 4.74 Å². The minimum Gasteiger partial charge on any atom is -0.377 e. The van der Waals surface area contributed by atoms with Crippen LogP contribution in [0.25, 0.3) is 0 Å². The molecule has 1 aromatic heterocycles. The van der Waals surface area contributed by atoms with E-state index in [4.69, 9.17) is 4.74 Å². The SMILES string of the molecule is c1n[nH]nc1SCC1CCCCO1. The highest BCUT2D eigenvalue weighted by Gasteiger charge is 2.14. The predicted molar refractivity (Wildman–Crippen MR) is 50.7 cm³/mol. The molecular formula is C8H13N3OS. The van der Waals surface area contributed by atoms with Crippen LogP contribution in [0.3, 0.4) is 0 Å². The summed E-state index contributed by atoms with van der Waals surface area (Å²) in [5.74, 6) is 0.993. The number of thioether (sulfide) groups is 1. The van der Waals surface area contributed by atoms with Crippen molar-refractivity contribution < 1.29 is 4.74 Å². The molecule has 2 rings (SSSR count). The van der Waals surface area contributed by atoms with Gasteiger partial charge in [-0.25, -0.2) is 0 Å². The zero-order valence-electron chi connectivity index (χ0n) is 7.40.